The fourth-order valence-corrected chi connectivity index (χ4v) is 5.06. The topological polar surface area (TPSA) is 21.1 Å². The highest BCUT2D eigenvalue weighted by atomic mass is 15.2. The van der Waals surface area contributed by atoms with Gasteiger partial charge in [-0.2, -0.15) is 0 Å². The van der Waals surface area contributed by atoms with E-state index >= 15 is 0 Å². The van der Waals surface area contributed by atoms with Crippen LogP contribution in [0.2, 0.25) is 0 Å². The third kappa shape index (κ3) is 5.58. The van der Waals surface area contributed by atoms with Crippen molar-refractivity contribution in [1.82, 2.24) is 14.5 Å². The van der Waals surface area contributed by atoms with E-state index in [2.05, 4.69) is 127 Å². The maximum Gasteiger partial charge on any atom is 0.140 e. The van der Waals surface area contributed by atoms with Crippen LogP contribution in [0, 0.1) is 6.92 Å². The predicted molar refractivity (Wildman–Crippen MR) is 151 cm³/mol. The highest BCUT2D eigenvalue weighted by Gasteiger charge is 2.16. The van der Waals surface area contributed by atoms with Crippen LogP contribution in [0.25, 0.3) is 22.2 Å². The summed E-state index contributed by atoms with van der Waals surface area (Å²) in [5.41, 5.74) is 6.47. The molecule has 0 bridgehead atoms. The summed E-state index contributed by atoms with van der Waals surface area (Å²) < 4.78 is 2.44. The second kappa shape index (κ2) is 11.4. The van der Waals surface area contributed by atoms with Crippen LogP contribution < -0.4 is 0 Å². The zero-order valence-corrected chi connectivity index (χ0v) is 21.4. The minimum absolute atomic E-state index is 0.848. The summed E-state index contributed by atoms with van der Waals surface area (Å²) in [6.07, 6.45) is 4.39. The van der Waals surface area contributed by atoms with E-state index in [4.69, 9.17) is 4.98 Å². The van der Waals surface area contributed by atoms with Gasteiger partial charge in [-0.05, 0) is 35.2 Å². The van der Waals surface area contributed by atoms with E-state index in [0.717, 1.165) is 44.8 Å². The molecule has 1 aromatic heterocycles. The first-order valence-corrected chi connectivity index (χ1v) is 13.1. The molecule has 5 aromatic rings. The highest BCUT2D eigenvalue weighted by Crippen LogP contribution is 2.25. The molecule has 182 valence electrons. The molecular formula is C33H35N3. The molecule has 0 radical (unpaired) electrons. The number of benzene rings is 4. The van der Waals surface area contributed by atoms with Crippen LogP contribution in [0.4, 0.5) is 0 Å². The van der Waals surface area contributed by atoms with Crippen molar-refractivity contribution in [2.75, 3.05) is 0 Å². The summed E-state index contributed by atoms with van der Waals surface area (Å²) in [6, 6.07) is 34.8. The molecule has 5 rings (SSSR count). The van der Waals surface area contributed by atoms with Gasteiger partial charge < -0.3 is 4.57 Å². The van der Waals surface area contributed by atoms with Crippen molar-refractivity contribution < 1.29 is 0 Å². The van der Waals surface area contributed by atoms with Gasteiger partial charge >= 0.3 is 0 Å². The first-order valence-electron chi connectivity index (χ1n) is 13.1. The number of nitrogens with zero attached hydrogens (tertiary/aromatic N) is 3. The van der Waals surface area contributed by atoms with Gasteiger partial charge in [-0.1, -0.05) is 116 Å². The molecule has 1 heterocycles. The Morgan fingerprint density at radius 2 is 1.56 bits per heavy atom. The van der Waals surface area contributed by atoms with Crippen LogP contribution in [0.15, 0.2) is 103 Å². The second-order valence-corrected chi connectivity index (χ2v) is 9.72. The molecule has 4 aromatic carbocycles. The standard InChI is InChI=1S/C33H35N3/c1-3-4-20-36-31(22-34-33(36)29-15-6-5-7-16-29)25-35(23-27-13-10-12-26(2)21-27)24-30-18-11-17-28-14-8-9-19-32(28)30/h5-19,21-22H,3-4,20,23-25H2,1-2H3. The quantitative estimate of drug-likeness (QED) is 0.205. The van der Waals surface area contributed by atoms with Crippen LogP contribution in [-0.2, 0) is 26.2 Å². The zero-order valence-electron chi connectivity index (χ0n) is 21.4. The van der Waals surface area contributed by atoms with Gasteiger partial charge in [-0.3, -0.25) is 4.90 Å². The van der Waals surface area contributed by atoms with Gasteiger partial charge in [0.15, 0.2) is 0 Å². The first-order chi connectivity index (χ1) is 17.7. The Kier molecular flexibility index (Phi) is 7.58. The lowest BCUT2D eigenvalue weighted by Crippen LogP contribution is -2.24. The normalized spacial score (nSPS) is 11.4. The lowest BCUT2D eigenvalue weighted by molar-refractivity contribution is 0.242. The number of fused-ring (bicyclic) bond motifs is 1. The Morgan fingerprint density at radius 3 is 2.39 bits per heavy atom. The molecule has 0 saturated heterocycles. The van der Waals surface area contributed by atoms with E-state index in [-0.39, 0.29) is 0 Å². The van der Waals surface area contributed by atoms with Crippen molar-refractivity contribution >= 4 is 10.8 Å². The van der Waals surface area contributed by atoms with E-state index in [1.807, 2.05) is 0 Å². The SMILES string of the molecule is CCCCn1c(CN(Cc2cccc(C)c2)Cc2cccc3ccccc23)cnc1-c1ccccc1. The van der Waals surface area contributed by atoms with Crippen LogP contribution in [0.1, 0.15) is 42.1 Å². The van der Waals surface area contributed by atoms with Gasteiger partial charge in [-0.15, -0.1) is 0 Å². The van der Waals surface area contributed by atoms with Gasteiger partial charge in [0, 0.05) is 31.7 Å². The van der Waals surface area contributed by atoms with Crippen molar-refractivity contribution in [2.45, 2.75) is 52.9 Å². The van der Waals surface area contributed by atoms with Crippen LogP contribution in [-0.4, -0.2) is 14.5 Å². The highest BCUT2D eigenvalue weighted by molar-refractivity contribution is 5.85. The summed E-state index contributed by atoms with van der Waals surface area (Å²) in [5.74, 6) is 1.07. The Balaban J connectivity index is 1.50. The van der Waals surface area contributed by atoms with E-state index < -0.39 is 0 Å². The number of rotatable bonds is 10. The minimum atomic E-state index is 0.848. The maximum absolute atomic E-state index is 4.91. The Hall–Kier alpha value is -3.69. The minimum Gasteiger partial charge on any atom is -0.327 e. The van der Waals surface area contributed by atoms with Crippen molar-refractivity contribution in [3.63, 3.8) is 0 Å². The number of unbranched alkanes of at least 4 members (excludes halogenated alkanes) is 1. The fraction of sp³-hybridized carbons (Fsp3) is 0.242. The predicted octanol–water partition coefficient (Wildman–Crippen LogP) is 8.01. The zero-order chi connectivity index (χ0) is 24.7. The Morgan fingerprint density at radius 1 is 0.778 bits per heavy atom. The molecule has 36 heavy (non-hydrogen) atoms. The summed E-state index contributed by atoms with van der Waals surface area (Å²) >= 11 is 0. The molecule has 0 aliphatic carbocycles. The number of aromatic nitrogens is 2. The molecule has 0 fully saturated rings. The van der Waals surface area contributed by atoms with Gasteiger partial charge in [-0.25, -0.2) is 4.98 Å². The van der Waals surface area contributed by atoms with Crippen molar-refractivity contribution in [3.05, 3.63) is 126 Å². The van der Waals surface area contributed by atoms with E-state index in [0.29, 0.717) is 0 Å². The molecule has 0 N–H and O–H groups in total. The first kappa shape index (κ1) is 24.0. The molecule has 3 heteroatoms. The average Bonchev–Trinajstić information content (AvgIpc) is 3.30. The van der Waals surface area contributed by atoms with Gasteiger partial charge in [0.1, 0.15) is 5.82 Å². The molecule has 0 unspecified atom stereocenters. The summed E-state index contributed by atoms with van der Waals surface area (Å²) in [4.78, 5) is 7.47. The third-order valence-electron chi connectivity index (χ3n) is 6.85. The van der Waals surface area contributed by atoms with Crippen molar-refractivity contribution in [2.24, 2.45) is 0 Å². The van der Waals surface area contributed by atoms with Gasteiger partial charge in [0.25, 0.3) is 0 Å². The van der Waals surface area contributed by atoms with Crippen LogP contribution in [0.3, 0.4) is 0 Å². The Bertz CT molecular complexity index is 1410. The van der Waals surface area contributed by atoms with Crippen LogP contribution >= 0.6 is 0 Å². The van der Waals surface area contributed by atoms with E-state index in [1.54, 1.807) is 0 Å². The number of hydrogen-bond donors (Lipinski definition) is 0. The summed E-state index contributed by atoms with van der Waals surface area (Å²) in [5, 5.41) is 2.63. The largest absolute Gasteiger partial charge is 0.327 e. The number of aryl methyl sites for hydroxylation is 1. The molecule has 0 atom stereocenters. The van der Waals surface area contributed by atoms with E-state index in [9.17, 15) is 0 Å². The fourth-order valence-electron chi connectivity index (χ4n) is 5.06. The van der Waals surface area contributed by atoms with Crippen molar-refractivity contribution in [1.29, 1.82) is 0 Å². The summed E-state index contributed by atoms with van der Waals surface area (Å²) in [6.45, 7) is 8.04. The van der Waals surface area contributed by atoms with Gasteiger partial charge in [0.2, 0.25) is 0 Å². The van der Waals surface area contributed by atoms with Crippen LogP contribution in [0.5, 0.6) is 0 Å². The lowest BCUT2D eigenvalue weighted by Gasteiger charge is -2.24. The molecule has 3 nitrogen and oxygen atoms in total. The molecule has 0 amide bonds. The smallest absolute Gasteiger partial charge is 0.140 e. The second-order valence-electron chi connectivity index (χ2n) is 9.72. The Labute approximate surface area is 215 Å². The molecule has 0 aliphatic rings. The molecular weight excluding hydrogens is 438 g/mol. The average molecular weight is 474 g/mol. The third-order valence-corrected chi connectivity index (χ3v) is 6.85. The molecule has 0 saturated carbocycles. The number of hydrogen-bond acceptors (Lipinski definition) is 2. The monoisotopic (exact) mass is 473 g/mol. The van der Waals surface area contributed by atoms with Crippen molar-refractivity contribution in [3.8, 4) is 11.4 Å². The number of imidazole rings is 1. The molecule has 0 spiro atoms. The van der Waals surface area contributed by atoms with E-state index in [1.165, 1.54) is 38.7 Å². The molecule has 0 aliphatic heterocycles. The van der Waals surface area contributed by atoms with Gasteiger partial charge in [0.05, 0.1) is 11.9 Å². The maximum atomic E-state index is 4.91. The summed E-state index contributed by atoms with van der Waals surface area (Å²) in [7, 11) is 0. The lowest BCUT2D eigenvalue weighted by atomic mass is 10.0.